The lowest BCUT2D eigenvalue weighted by atomic mass is 9.45. The second-order valence-electron chi connectivity index (χ2n) is 9.25. The minimum absolute atomic E-state index is 0.283. The number of aliphatic hydroxyl groups is 2. The van der Waals surface area contributed by atoms with Gasteiger partial charge >= 0.3 is 0 Å². The molecule has 4 rings (SSSR count). The van der Waals surface area contributed by atoms with E-state index >= 15 is 0 Å². The van der Waals surface area contributed by atoms with E-state index in [1.165, 1.54) is 38.5 Å². The molecule has 4 fully saturated rings. The Hall–Kier alpha value is -0.0800. The van der Waals surface area contributed by atoms with Crippen LogP contribution < -0.4 is 0 Å². The fourth-order valence-corrected chi connectivity index (χ4v) is 7.31. The Morgan fingerprint density at radius 2 is 1.57 bits per heavy atom. The first kappa shape index (κ1) is 14.5. The summed E-state index contributed by atoms with van der Waals surface area (Å²) >= 11 is 0. The molecule has 120 valence electrons. The predicted octanol–water partition coefficient (Wildman–Crippen LogP) is 3.75. The van der Waals surface area contributed by atoms with Gasteiger partial charge in [-0.3, -0.25) is 0 Å². The van der Waals surface area contributed by atoms with Gasteiger partial charge < -0.3 is 10.2 Å². The van der Waals surface area contributed by atoms with Crippen LogP contribution in [-0.4, -0.2) is 22.4 Å². The molecule has 8 atom stereocenters. The Balaban J connectivity index is 1.64. The molecular formula is C19H32O2. The highest BCUT2D eigenvalue weighted by atomic mass is 16.3. The van der Waals surface area contributed by atoms with Crippen molar-refractivity contribution in [3.8, 4) is 0 Å². The zero-order valence-electron chi connectivity index (χ0n) is 13.7. The lowest BCUT2D eigenvalue weighted by Gasteiger charge is -2.61. The number of aliphatic hydroxyl groups excluding tert-OH is 2. The average molecular weight is 292 g/mol. The van der Waals surface area contributed by atoms with Gasteiger partial charge in [0.15, 0.2) is 0 Å². The van der Waals surface area contributed by atoms with Gasteiger partial charge in [-0.05, 0) is 85.9 Å². The second-order valence-corrected chi connectivity index (χ2v) is 9.25. The normalized spacial score (nSPS) is 60.0. The third-order valence-electron chi connectivity index (χ3n) is 8.51. The van der Waals surface area contributed by atoms with Crippen LogP contribution in [0.25, 0.3) is 0 Å². The van der Waals surface area contributed by atoms with E-state index in [0.29, 0.717) is 11.3 Å². The lowest BCUT2D eigenvalue weighted by Crippen LogP contribution is -2.57. The summed E-state index contributed by atoms with van der Waals surface area (Å²) in [5, 5.41) is 20.6. The smallest absolute Gasteiger partial charge is 0.0832 e. The summed E-state index contributed by atoms with van der Waals surface area (Å²) in [6, 6.07) is 0. The van der Waals surface area contributed by atoms with Crippen LogP contribution in [0.2, 0.25) is 0 Å². The Morgan fingerprint density at radius 3 is 2.38 bits per heavy atom. The van der Waals surface area contributed by atoms with E-state index in [4.69, 9.17) is 0 Å². The number of fused-ring (bicyclic) bond motifs is 5. The number of hydrogen-bond acceptors (Lipinski definition) is 2. The molecule has 0 amide bonds. The maximum absolute atomic E-state index is 10.5. The van der Waals surface area contributed by atoms with Crippen molar-refractivity contribution < 1.29 is 10.2 Å². The quantitative estimate of drug-likeness (QED) is 0.714. The topological polar surface area (TPSA) is 40.5 Å². The van der Waals surface area contributed by atoms with Crippen molar-refractivity contribution in [3.05, 3.63) is 0 Å². The maximum atomic E-state index is 10.5. The second kappa shape index (κ2) is 4.71. The van der Waals surface area contributed by atoms with E-state index in [1.807, 2.05) is 0 Å². The summed E-state index contributed by atoms with van der Waals surface area (Å²) in [7, 11) is 0. The van der Waals surface area contributed by atoms with Gasteiger partial charge in [-0.1, -0.05) is 20.3 Å². The van der Waals surface area contributed by atoms with Gasteiger partial charge in [0.1, 0.15) is 0 Å². The van der Waals surface area contributed by atoms with E-state index < -0.39 is 12.2 Å². The summed E-state index contributed by atoms with van der Waals surface area (Å²) in [5.74, 6) is 2.98. The summed E-state index contributed by atoms with van der Waals surface area (Å²) in [4.78, 5) is 0. The van der Waals surface area contributed by atoms with Crippen LogP contribution in [0.3, 0.4) is 0 Å². The Bertz CT molecular complexity index is 422. The van der Waals surface area contributed by atoms with Crippen molar-refractivity contribution in [3.63, 3.8) is 0 Å². The van der Waals surface area contributed by atoms with E-state index in [1.54, 1.807) is 0 Å². The first-order chi connectivity index (χ1) is 9.96. The van der Waals surface area contributed by atoms with E-state index in [0.717, 1.165) is 37.0 Å². The zero-order valence-corrected chi connectivity index (χ0v) is 13.7. The van der Waals surface area contributed by atoms with Crippen LogP contribution in [0.5, 0.6) is 0 Å². The monoisotopic (exact) mass is 292 g/mol. The van der Waals surface area contributed by atoms with Crippen molar-refractivity contribution in [1.29, 1.82) is 0 Å². The fraction of sp³-hybridized carbons (Fsp3) is 1.00. The molecule has 21 heavy (non-hydrogen) atoms. The molecule has 0 aromatic heterocycles. The summed E-state index contributed by atoms with van der Waals surface area (Å²) in [6.45, 7) is 5.00. The highest BCUT2D eigenvalue weighted by molar-refractivity contribution is 5.09. The van der Waals surface area contributed by atoms with Gasteiger partial charge in [-0.25, -0.2) is 0 Å². The number of rotatable bonds is 0. The van der Waals surface area contributed by atoms with Crippen molar-refractivity contribution in [2.45, 2.75) is 83.8 Å². The first-order valence-electron chi connectivity index (χ1n) is 9.32. The molecule has 0 spiro atoms. The van der Waals surface area contributed by atoms with Crippen molar-refractivity contribution in [2.75, 3.05) is 0 Å². The van der Waals surface area contributed by atoms with Gasteiger partial charge in [0.25, 0.3) is 0 Å². The molecule has 0 aromatic rings. The SMILES string of the molecule is CC12CCCC1C1CCC3C(O)C(O)CCC3(C)C1CC2. The molecule has 0 aliphatic heterocycles. The summed E-state index contributed by atoms with van der Waals surface area (Å²) in [6.07, 6.45) is 10.5. The average Bonchev–Trinajstić information content (AvgIpc) is 2.85. The molecule has 0 radical (unpaired) electrons. The molecule has 4 aliphatic rings. The summed E-state index contributed by atoms with van der Waals surface area (Å²) in [5.41, 5.74) is 0.905. The van der Waals surface area contributed by atoms with Gasteiger partial charge in [-0.2, -0.15) is 0 Å². The highest BCUT2D eigenvalue weighted by Gasteiger charge is 2.59. The predicted molar refractivity (Wildman–Crippen MR) is 83.7 cm³/mol. The lowest BCUT2D eigenvalue weighted by molar-refractivity contribution is -0.171. The molecule has 0 saturated heterocycles. The molecule has 0 aromatic carbocycles. The molecule has 4 saturated carbocycles. The largest absolute Gasteiger partial charge is 0.390 e. The van der Waals surface area contributed by atoms with Crippen LogP contribution in [0.1, 0.15) is 71.6 Å². The molecule has 8 unspecified atom stereocenters. The molecule has 2 N–H and O–H groups in total. The molecule has 2 nitrogen and oxygen atoms in total. The van der Waals surface area contributed by atoms with Crippen LogP contribution >= 0.6 is 0 Å². The molecule has 2 heteroatoms. The third kappa shape index (κ3) is 1.91. The third-order valence-corrected chi connectivity index (χ3v) is 8.51. The Morgan fingerprint density at radius 1 is 0.762 bits per heavy atom. The number of hydrogen-bond donors (Lipinski definition) is 2. The van der Waals surface area contributed by atoms with E-state index in [-0.39, 0.29) is 5.41 Å². The molecular weight excluding hydrogens is 260 g/mol. The van der Waals surface area contributed by atoms with Crippen LogP contribution in [0, 0.1) is 34.5 Å². The van der Waals surface area contributed by atoms with Crippen molar-refractivity contribution >= 4 is 0 Å². The van der Waals surface area contributed by atoms with Crippen molar-refractivity contribution in [1.82, 2.24) is 0 Å². The molecule has 0 heterocycles. The van der Waals surface area contributed by atoms with Crippen LogP contribution in [-0.2, 0) is 0 Å². The molecule has 4 aliphatic carbocycles. The summed E-state index contributed by atoms with van der Waals surface area (Å²) < 4.78 is 0. The zero-order chi connectivity index (χ0) is 14.8. The van der Waals surface area contributed by atoms with E-state index in [2.05, 4.69) is 13.8 Å². The van der Waals surface area contributed by atoms with Gasteiger partial charge in [0.05, 0.1) is 12.2 Å². The van der Waals surface area contributed by atoms with Gasteiger partial charge in [-0.15, -0.1) is 0 Å². The highest BCUT2D eigenvalue weighted by Crippen LogP contribution is 2.66. The molecule has 0 bridgehead atoms. The van der Waals surface area contributed by atoms with E-state index in [9.17, 15) is 10.2 Å². The minimum Gasteiger partial charge on any atom is -0.390 e. The fourth-order valence-electron chi connectivity index (χ4n) is 7.31. The van der Waals surface area contributed by atoms with Crippen LogP contribution in [0.15, 0.2) is 0 Å². The van der Waals surface area contributed by atoms with Crippen molar-refractivity contribution in [2.24, 2.45) is 34.5 Å². The Kier molecular flexibility index (Phi) is 3.25. The van der Waals surface area contributed by atoms with Gasteiger partial charge in [0, 0.05) is 0 Å². The van der Waals surface area contributed by atoms with Crippen LogP contribution in [0.4, 0.5) is 0 Å². The first-order valence-corrected chi connectivity index (χ1v) is 9.32. The van der Waals surface area contributed by atoms with Gasteiger partial charge in [0.2, 0.25) is 0 Å². The maximum Gasteiger partial charge on any atom is 0.0832 e. The minimum atomic E-state index is -0.472. The standard InChI is InChI=1S/C19H32O2/c1-18-9-3-4-13(18)12-5-6-15-17(21)16(20)8-11-19(15,2)14(12)7-10-18/h12-17,20-21H,3-11H2,1-2H3. The Labute approximate surface area is 129 Å².